The average Bonchev–Trinajstić information content (AvgIpc) is 3.14. The monoisotopic (exact) mass is 289 g/mol. The van der Waals surface area contributed by atoms with Crippen LogP contribution < -0.4 is 5.32 Å². The highest BCUT2D eigenvalue weighted by atomic mass is 35.5. The summed E-state index contributed by atoms with van der Waals surface area (Å²) in [7, 11) is 0. The van der Waals surface area contributed by atoms with Gasteiger partial charge in [0.1, 0.15) is 12.1 Å². The molecule has 0 spiro atoms. The first-order valence-corrected chi connectivity index (χ1v) is 6.44. The van der Waals surface area contributed by atoms with Gasteiger partial charge in [-0.2, -0.15) is 0 Å². The van der Waals surface area contributed by atoms with Gasteiger partial charge in [0, 0.05) is 0 Å². The molecule has 3 aromatic rings. The Labute approximate surface area is 120 Å². The number of furan rings is 1. The van der Waals surface area contributed by atoms with Gasteiger partial charge in [-0.15, -0.1) is 5.10 Å². The second-order valence-electron chi connectivity index (χ2n) is 4.30. The van der Waals surface area contributed by atoms with E-state index >= 15 is 0 Å². The molecule has 0 fully saturated rings. The smallest absolute Gasteiger partial charge is 0.143 e. The highest BCUT2D eigenvalue weighted by Crippen LogP contribution is 2.28. The van der Waals surface area contributed by atoms with E-state index in [0.29, 0.717) is 5.02 Å². The molecule has 1 N–H and O–H groups in total. The Kier molecular flexibility index (Phi) is 3.39. The number of nitrogens with one attached hydrogen (secondary N) is 1. The van der Waals surface area contributed by atoms with Crippen molar-refractivity contribution in [3.05, 3.63) is 53.7 Å². The normalized spacial score (nSPS) is 12.3. The van der Waals surface area contributed by atoms with Crippen molar-refractivity contribution in [2.45, 2.75) is 13.0 Å². The topological polar surface area (TPSA) is 68.8 Å². The number of rotatable bonds is 4. The van der Waals surface area contributed by atoms with E-state index in [-0.39, 0.29) is 6.04 Å². The maximum atomic E-state index is 6.21. The third kappa shape index (κ3) is 2.50. The zero-order valence-corrected chi connectivity index (χ0v) is 11.4. The van der Waals surface area contributed by atoms with Gasteiger partial charge in [-0.1, -0.05) is 11.6 Å². The highest BCUT2D eigenvalue weighted by Gasteiger charge is 2.11. The van der Waals surface area contributed by atoms with Crippen LogP contribution in [0.1, 0.15) is 18.7 Å². The van der Waals surface area contributed by atoms with Gasteiger partial charge >= 0.3 is 0 Å². The fourth-order valence-electron chi connectivity index (χ4n) is 1.89. The Morgan fingerprint density at radius 2 is 2.25 bits per heavy atom. The van der Waals surface area contributed by atoms with E-state index in [1.165, 1.54) is 6.33 Å². The van der Waals surface area contributed by atoms with Crippen molar-refractivity contribution in [3.8, 4) is 5.69 Å². The van der Waals surface area contributed by atoms with Crippen LogP contribution in [0, 0.1) is 0 Å². The first-order chi connectivity index (χ1) is 9.74. The second kappa shape index (κ2) is 5.34. The molecule has 0 aliphatic heterocycles. The van der Waals surface area contributed by atoms with E-state index in [1.807, 2.05) is 31.2 Å². The van der Waals surface area contributed by atoms with Gasteiger partial charge < -0.3 is 9.73 Å². The molecular formula is C13H12ClN5O. The maximum Gasteiger partial charge on any atom is 0.143 e. The molecular weight excluding hydrogens is 278 g/mol. The third-order valence-corrected chi connectivity index (χ3v) is 3.24. The number of halogens is 1. The summed E-state index contributed by atoms with van der Waals surface area (Å²) in [6.07, 6.45) is 3.18. The number of hydrogen-bond donors (Lipinski definition) is 1. The summed E-state index contributed by atoms with van der Waals surface area (Å²) in [4.78, 5) is 0. The van der Waals surface area contributed by atoms with E-state index < -0.39 is 0 Å². The zero-order chi connectivity index (χ0) is 13.9. The Morgan fingerprint density at radius 3 is 2.95 bits per heavy atom. The number of benzene rings is 1. The van der Waals surface area contributed by atoms with E-state index in [9.17, 15) is 0 Å². The maximum absolute atomic E-state index is 6.21. The molecule has 102 valence electrons. The minimum Gasteiger partial charge on any atom is -0.467 e. The molecule has 6 nitrogen and oxygen atoms in total. The van der Waals surface area contributed by atoms with Gasteiger partial charge in [0.05, 0.1) is 28.7 Å². The summed E-state index contributed by atoms with van der Waals surface area (Å²) in [5, 5.41) is 15.0. The molecule has 20 heavy (non-hydrogen) atoms. The Hall–Kier alpha value is -2.34. The van der Waals surface area contributed by atoms with Crippen LogP contribution in [0.3, 0.4) is 0 Å². The lowest BCUT2D eigenvalue weighted by atomic mass is 10.2. The number of nitrogens with zero attached hydrogens (tertiary/aromatic N) is 4. The predicted octanol–water partition coefficient (Wildman–Crippen LogP) is 3.08. The second-order valence-corrected chi connectivity index (χ2v) is 4.71. The molecule has 2 aromatic heterocycles. The summed E-state index contributed by atoms with van der Waals surface area (Å²) in [5.41, 5.74) is 1.62. The molecule has 3 rings (SSSR count). The lowest BCUT2D eigenvalue weighted by molar-refractivity contribution is 0.490. The van der Waals surface area contributed by atoms with Crippen LogP contribution in [0.2, 0.25) is 5.02 Å². The molecule has 0 radical (unpaired) electrons. The molecule has 1 unspecified atom stereocenters. The first kappa shape index (κ1) is 12.7. The number of aromatic nitrogens is 4. The quantitative estimate of drug-likeness (QED) is 0.799. The first-order valence-electron chi connectivity index (χ1n) is 6.07. The van der Waals surface area contributed by atoms with Crippen LogP contribution in [0.5, 0.6) is 0 Å². The van der Waals surface area contributed by atoms with Crippen molar-refractivity contribution >= 4 is 17.3 Å². The lowest BCUT2D eigenvalue weighted by Gasteiger charge is -2.15. The van der Waals surface area contributed by atoms with Crippen LogP contribution >= 0.6 is 11.6 Å². The van der Waals surface area contributed by atoms with Crippen molar-refractivity contribution in [2.24, 2.45) is 0 Å². The van der Waals surface area contributed by atoms with Crippen LogP contribution in [-0.4, -0.2) is 20.2 Å². The number of anilines is 1. The molecule has 0 amide bonds. The van der Waals surface area contributed by atoms with Gasteiger partial charge in [-0.05, 0) is 47.7 Å². The zero-order valence-electron chi connectivity index (χ0n) is 10.7. The van der Waals surface area contributed by atoms with Gasteiger partial charge in [0.15, 0.2) is 0 Å². The fraction of sp³-hybridized carbons (Fsp3) is 0.154. The van der Waals surface area contributed by atoms with Gasteiger partial charge in [-0.3, -0.25) is 0 Å². The molecule has 0 saturated carbocycles. The van der Waals surface area contributed by atoms with Crippen molar-refractivity contribution < 1.29 is 4.42 Å². The van der Waals surface area contributed by atoms with Crippen molar-refractivity contribution in [2.75, 3.05) is 5.32 Å². The van der Waals surface area contributed by atoms with Crippen LogP contribution in [0.4, 0.5) is 5.69 Å². The Morgan fingerprint density at radius 1 is 1.35 bits per heavy atom. The molecule has 2 heterocycles. The number of hydrogen-bond acceptors (Lipinski definition) is 5. The lowest BCUT2D eigenvalue weighted by Crippen LogP contribution is -2.07. The Bertz CT molecular complexity index is 681. The molecule has 0 aliphatic rings. The minimum atomic E-state index is 0.00613. The van der Waals surface area contributed by atoms with Gasteiger partial charge in [-0.25, -0.2) is 4.68 Å². The van der Waals surface area contributed by atoms with Crippen molar-refractivity contribution in [1.82, 2.24) is 20.2 Å². The molecule has 7 heteroatoms. The molecule has 1 aromatic carbocycles. The average molecular weight is 290 g/mol. The third-order valence-electron chi connectivity index (χ3n) is 2.91. The van der Waals surface area contributed by atoms with Crippen LogP contribution in [-0.2, 0) is 0 Å². The summed E-state index contributed by atoms with van der Waals surface area (Å²) in [6.45, 7) is 2.00. The van der Waals surface area contributed by atoms with Gasteiger partial charge in [0.25, 0.3) is 0 Å². The van der Waals surface area contributed by atoms with Crippen molar-refractivity contribution in [3.63, 3.8) is 0 Å². The largest absolute Gasteiger partial charge is 0.467 e. The summed E-state index contributed by atoms with van der Waals surface area (Å²) in [5.74, 6) is 0.842. The van der Waals surface area contributed by atoms with Gasteiger partial charge in [0.2, 0.25) is 0 Å². The summed E-state index contributed by atoms with van der Waals surface area (Å²) < 4.78 is 6.94. The van der Waals surface area contributed by atoms with E-state index in [4.69, 9.17) is 16.0 Å². The number of tetrazole rings is 1. The molecule has 0 bridgehead atoms. The minimum absolute atomic E-state index is 0.00613. The van der Waals surface area contributed by atoms with Crippen LogP contribution in [0.25, 0.3) is 5.69 Å². The fourth-order valence-corrected chi connectivity index (χ4v) is 2.06. The van der Waals surface area contributed by atoms with E-state index in [2.05, 4.69) is 20.8 Å². The molecule has 0 aliphatic carbocycles. The highest BCUT2D eigenvalue weighted by molar-refractivity contribution is 6.33. The Balaban J connectivity index is 1.87. The van der Waals surface area contributed by atoms with Crippen molar-refractivity contribution in [1.29, 1.82) is 0 Å². The molecule has 0 saturated heterocycles. The van der Waals surface area contributed by atoms with E-state index in [0.717, 1.165) is 17.1 Å². The van der Waals surface area contributed by atoms with Crippen LogP contribution in [0.15, 0.2) is 47.3 Å². The standard InChI is InChI=1S/C13H12ClN5O/c1-9(13-3-2-6-20-13)16-12-7-10(4-5-11(12)14)19-8-15-17-18-19/h2-9,16H,1H3. The summed E-state index contributed by atoms with van der Waals surface area (Å²) >= 11 is 6.21. The SMILES string of the molecule is CC(Nc1cc(-n2cnnn2)ccc1Cl)c1ccco1. The van der Waals surface area contributed by atoms with E-state index in [1.54, 1.807) is 17.0 Å². The molecule has 1 atom stereocenters. The predicted molar refractivity (Wildman–Crippen MR) is 74.9 cm³/mol. The summed E-state index contributed by atoms with van der Waals surface area (Å²) in [6, 6.07) is 9.31.